The second-order valence-electron chi connectivity index (χ2n) is 4.87. The fraction of sp³-hybridized carbons (Fsp3) is 0.571. The molecule has 1 aliphatic heterocycles. The molecule has 100 valence electrons. The van der Waals surface area contributed by atoms with E-state index in [1.807, 2.05) is 12.1 Å². The molecule has 1 aliphatic rings. The van der Waals surface area contributed by atoms with Gasteiger partial charge in [0.1, 0.15) is 5.82 Å². The van der Waals surface area contributed by atoms with Crippen molar-refractivity contribution in [1.82, 2.24) is 10.2 Å². The van der Waals surface area contributed by atoms with Crippen molar-refractivity contribution in [3.8, 4) is 0 Å². The Bertz CT molecular complexity index is 391. The number of rotatable bonds is 5. The third-order valence-corrected chi connectivity index (χ3v) is 4.04. The zero-order valence-corrected chi connectivity index (χ0v) is 12.3. The molecular weight excluding hydrogens is 295 g/mol. The van der Waals surface area contributed by atoms with Crippen LogP contribution in [0.25, 0.3) is 0 Å². The summed E-state index contributed by atoms with van der Waals surface area (Å²) < 4.78 is 13.8. The summed E-state index contributed by atoms with van der Waals surface area (Å²) in [6.45, 7) is 6.39. The smallest absolute Gasteiger partial charge is 0.137 e. The molecule has 0 amide bonds. The van der Waals surface area contributed by atoms with Gasteiger partial charge in [-0.2, -0.15) is 0 Å². The first kappa shape index (κ1) is 14.0. The molecule has 1 atom stereocenters. The summed E-state index contributed by atoms with van der Waals surface area (Å²) in [6.07, 6.45) is 2.36. The topological polar surface area (TPSA) is 15.3 Å². The predicted octanol–water partition coefficient (Wildman–Crippen LogP) is 3.16. The largest absolute Gasteiger partial charge is 0.315 e. The second kappa shape index (κ2) is 6.64. The van der Waals surface area contributed by atoms with Gasteiger partial charge in [-0.25, -0.2) is 4.39 Å². The summed E-state index contributed by atoms with van der Waals surface area (Å²) >= 11 is 3.25. The highest BCUT2D eigenvalue weighted by atomic mass is 79.9. The Labute approximate surface area is 117 Å². The van der Waals surface area contributed by atoms with Crippen molar-refractivity contribution in [2.24, 2.45) is 0 Å². The van der Waals surface area contributed by atoms with Gasteiger partial charge in [0.25, 0.3) is 0 Å². The lowest BCUT2D eigenvalue weighted by Gasteiger charge is -2.28. The quantitative estimate of drug-likeness (QED) is 0.898. The van der Waals surface area contributed by atoms with E-state index in [4.69, 9.17) is 0 Å². The minimum atomic E-state index is -0.191. The van der Waals surface area contributed by atoms with Crippen LogP contribution in [0.5, 0.6) is 0 Å². The molecule has 1 aromatic rings. The van der Waals surface area contributed by atoms with Crippen molar-refractivity contribution in [3.63, 3.8) is 0 Å². The van der Waals surface area contributed by atoms with Crippen LogP contribution in [0, 0.1) is 5.82 Å². The fourth-order valence-electron chi connectivity index (χ4n) is 2.50. The molecule has 18 heavy (non-hydrogen) atoms. The van der Waals surface area contributed by atoms with Crippen LogP contribution in [0.2, 0.25) is 0 Å². The molecule has 2 nitrogen and oxygen atoms in total. The van der Waals surface area contributed by atoms with Crippen molar-refractivity contribution in [2.45, 2.75) is 32.4 Å². The predicted molar refractivity (Wildman–Crippen MR) is 76.1 cm³/mol. The zero-order valence-electron chi connectivity index (χ0n) is 10.8. The van der Waals surface area contributed by atoms with E-state index in [-0.39, 0.29) is 5.82 Å². The molecule has 1 fully saturated rings. The van der Waals surface area contributed by atoms with Crippen LogP contribution >= 0.6 is 15.9 Å². The van der Waals surface area contributed by atoms with E-state index in [0.29, 0.717) is 10.5 Å². The first-order chi connectivity index (χ1) is 8.70. The molecule has 1 aromatic carbocycles. The van der Waals surface area contributed by atoms with Gasteiger partial charge in [0.15, 0.2) is 0 Å². The average molecular weight is 315 g/mol. The zero-order chi connectivity index (χ0) is 13.0. The average Bonchev–Trinajstić information content (AvgIpc) is 2.87. The molecule has 0 saturated carbocycles. The monoisotopic (exact) mass is 314 g/mol. The number of benzene rings is 1. The van der Waals surface area contributed by atoms with E-state index < -0.39 is 0 Å². The minimum Gasteiger partial charge on any atom is -0.315 e. The van der Waals surface area contributed by atoms with Crippen molar-refractivity contribution < 1.29 is 4.39 Å². The number of hydrogen-bond donors (Lipinski definition) is 1. The van der Waals surface area contributed by atoms with Gasteiger partial charge in [0.2, 0.25) is 0 Å². The molecule has 0 aliphatic carbocycles. The highest BCUT2D eigenvalue weighted by Crippen LogP contribution is 2.20. The van der Waals surface area contributed by atoms with Crippen LogP contribution in [0.1, 0.15) is 25.3 Å². The lowest BCUT2D eigenvalue weighted by Crippen LogP contribution is -2.36. The van der Waals surface area contributed by atoms with E-state index in [1.54, 1.807) is 0 Å². The standard InChI is InChI=1S/C14H20BrFN2/c1-2-7-18(12-5-6-17-9-12)10-11-3-4-14(16)13(15)8-11/h3-4,8,12,17H,2,5-7,9-10H2,1H3. The van der Waals surface area contributed by atoms with Gasteiger partial charge in [-0.1, -0.05) is 13.0 Å². The molecule has 0 spiro atoms. The highest BCUT2D eigenvalue weighted by Gasteiger charge is 2.21. The van der Waals surface area contributed by atoms with E-state index in [1.165, 1.54) is 18.1 Å². The molecule has 4 heteroatoms. The molecule has 1 heterocycles. The lowest BCUT2D eigenvalue weighted by molar-refractivity contribution is 0.199. The third kappa shape index (κ3) is 3.53. The minimum absolute atomic E-state index is 0.191. The van der Waals surface area contributed by atoms with Crippen LogP contribution in [0.15, 0.2) is 22.7 Å². The molecule has 1 saturated heterocycles. The Morgan fingerprint density at radius 2 is 2.33 bits per heavy atom. The maximum absolute atomic E-state index is 13.2. The summed E-state index contributed by atoms with van der Waals surface area (Å²) in [6, 6.07) is 5.93. The maximum Gasteiger partial charge on any atom is 0.137 e. The Morgan fingerprint density at radius 3 is 2.94 bits per heavy atom. The third-order valence-electron chi connectivity index (χ3n) is 3.43. The van der Waals surface area contributed by atoms with Crippen LogP contribution < -0.4 is 5.32 Å². The number of hydrogen-bond acceptors (Lipinski definition) is 2. The van der Waals surface area contributed by atoms with Crippen molar-refractivity contribution in [2.75, 3.05) is 19.6 Å². The molecule has 0 radical (unpaired) electrons. The molecule has 1 unspecified atom stereocenters. The summed E-state index contributed by atoms with van der Waals surface area (Å²) in [4.78, 5) is 2.50. The fourth-order valence-corrected chi connectivity index (χ4v) is 2.93. The number of nitrogens with one attached hydrogen (secondary N) is 1. The van der Waals surface area contributed by atoms with E-state index in [2.05, 4.69) is 33.1 Å². The van der Waals surface area contributed by atoms with Crippen molar-refractivity contribution in [3.05, 3.63) is 34.1 Å². The first-order valence-electron chi connectivity index (χ1n) is 6.59. The second-order valence-corrected chi connectivity index (χ2v) is 5.72. The van der Waals surface area contributed by atoms with Gasteiger partial charge in [-0.05, 0) is 59.6 Å². The van der Waals surface area contributed by atoms with Gasteiger partial charge in [-0.15, -0.1) is 0 Å². The summed E-state index contributed by atoms with van der Waals surface area (Å²) in [5.74, 6) is -0.191. The maximum atomic E-state index is 13.2. The van der Waals surface area contributed by atoms with Crippen LogP contribution in [0.3, 0.4) is 0 Å². The highest BCUT2D eigenvalue weighted by molar-refractivity contribution is 9.10. The van der Waals surface area contributed by atoms with Gasteiger partial charge in [0, 0.05) is 19.1 Å². The summed E-state index contributed by atoms with van der Waals surface area (Å²) in [5.41, 5.74) is 1.17. The van der Waals surface area contributed by atoms with Crippen LogP contribution in [-0.2, 0) is 6.54 Å². The Morgan fingerprint density at radius 1 is 1.50 bits per heavy atom. The first-order valence-corrected chi connectivity index (χ1v) is 7.38. The molecule has 0 aromatic heterocycles. The normalized spacial score (nSPS) is 19.7. The van der Waals surface area contributed by atoms with Crippen molar-refractivity contribution >= 4 is 15.9 Å². The van der Waals surface area contributed by atoms with Crippen LogP contribution in [0.4, 0.5) is 4.39 Å². The Kier molecular flexibility index (Phi) is 5.15. The molecule has 0 bridgehead atoms. The van der Waals surface area contributed by atoms with Gasteiger partial charge in [-0.3, -0.25) is 4.90 Å². The van der Waals surface area contributed by atoms with Gasteiger partial charge in [0.05, 0.1) is 4.47 Å². The SMILES string of the molecule is CCCN(Cc1ccc(F)c(Br)c1)C1CCNC1. The Balaban J connectivity index is 2.04. The summed E-state index contributed by atoms with van der Waals surface area (Å²) in [7, 11) is 0. The molecule has 2 rings (SSSR count). The van der Waals surface area contributed by atoms with Gasteiger partial charge >= 0.3 is 0 Å². The molecule has 1 N–H and O–H groups in total. The van der Waals surface area contributed by atoms with E-state index in [9.17, 15) is 4.39 Å². The van der Waals surface area contributed by atoms with Crippen molar-refractivity contribution in [1.29, 1.82) is 0 Å². The number of halogens is 2. The van der Waals surface area contributed by atoms with E-state index >= 15 is 0 Å². The Hall–Kier alpha value is -0.450. The van der Waals surface area contributed by atoms with Gasteiger partial charge < -0.3 is 5.32 Å². The summed E-state index contributed by atoms with van der Waals surface area (Å²) in [5, 5.41) is 3.41. The molecular formula is C14H20BrFN2. The van der Waals surface area contributed by atoms with Crippen LogP contribution in [-0.4, -0.2) is 30.6 Å². The number of nitrogens with zero attached hydrogens (tertiary/aromatic N) is 1. The lowest BCUT2D eigenvalue weighted by atomic mass is 10.1. The van der Waals surface area contributed by atoms with E-state index in [0.717, 1.165) is 32.6 Å².